The van der Waals surface area contributed by atoms with Crippen LogP contribution in [0, 0.1) is 35.0 Å². The summed E-state index contributed by atoms with van der Waals surface area (Å²) in [6.45, 7) is 8.29. The van der Waals surface area contributed by atoms with Gasteiger partial charge in [-0.25, -0.2) is 17.5 Å². The van der Waals surface area contributed by atoms with Crippen molar-refractivity contribution in [3.63, 3.8) is 0 Å². The monoisotopic (exact) mass is 694 g/mol. The van der Waals surface area contributed by atoms with Crippen molar-refractivity contribution in [1.29, 1.82) is 0 Å². The molecule has 3 saturated carbocycles. The fraction of sp³-hybridized carbons (Fsp3) is 0.853. The zero-order chi connectivity index (χ0) is 35.6. The molecule has 1 aliphatic heterocycles. The van der Waals surface area contributed by atoms with Gasteiger partial charge in [0.2, 0.25) is 27.6 Å². The first kappa shape index (κ1) is 38.1. The topological polar surface area (TPSA) is 188 Å². The molecule has 0 radical (unpaired) electrons. The predicted octanol–water partition coefficient (Wildman–Crippen LogP) is 2.14. The van der Waals surface area contributed by atoms with E-state index in [0.717, 1.165) is 70.5 Å². The van der Waals surface area contributed by atoms with Crippen molar-refractivity contribution in [3.05, 3.63) is 0 Å². The number of sulfonamides is 1. The number of carbonyl (C=O) groups excluding carboxylic acids is 5. The predicted molar refractivity (Wildman–Crippen MR) is 182 cm³/mol. The van der Waals surface area contributed by atoms with E-state index in [-0.39, 0.29) is 36.1 Å². The molecule has 14 heteroatoms. The number of likely N-dealkylation sites (tertiary alicyclic amines) is 1. The average Bonchev–Trinajstić information content (AvgIpc) is 3.62. The summed E-state index contributed by atoms with van der Waals surface area (Å²) in [6, 6.07) is -3.87. The molecule has 1 heterocycles. The van der Waals surface area contributed by atoms with E-state index in [1.807, 2.05) is 20.8 Å². The fourth-order valence-electron chi connectivity index (χ4n) is 8.15. The van der Waals surface area contributed by atoms with Gasteiger partial charge in [0.15, 0.2) is 0 Å². The maximum absolute atomic E-state index is 14.7. The van der Waals surface area contributed by atoms with Gasteiger partial charge in [-0.05, 0) is 67.1 Å². The van der Waals surface area contributed by atoms with E-state index in [1.54, 1.807) is 4.90 Å². The third-order valence-corrected chi connectivity index (χ3v) is 12.7. The smallest absolute Gasteiger partial charge is 0.315 e. The first-order valence-electron chi connectivity index (χ1n) is 17.8. The Kier molecular flexibility index (Phi) is 12.2. The summed E-state index contributed by atoms with van der Waals surface area (Å²) < 4.78 is 25.6. The summed E-state index contributed by atoms with van der Waals surface area (Å²) in [6.07, 6.45) is 10.3. The second kappa shape index (κ2) is 15.4. The van der Waals surface area contributed by atoms with Crippen LogP contribution >= 0.6 is 0 Å². The van der Waals surface area contributed by atoms with E-state index < -0.39 is 63.2 Å². The Morgan fingerprint density at radius 3 is 2.10 bits per heavy atom. The summed E-state index contributed by atoms with van der Waals surface area (Å²) >= 11 is 0. The standard InChI is InChI=1S/C34H58N6O7S/c1-7-21-15-16-23-24(21)18-40(28(23)31(43)36-25(17-20-13-14-20)29(41)30(35)42)32(44)27(22-11-9-8-10-12-22)38-33(45)37-26(34(2,3)4)19-39(5)48(6,46)47/h20-28H,7-19H2,1-6H3,(H2,35,42)(H,36,43)(H2,37,38,45)/t21?,23-,24+,25?,26+,27-,28-/m0/s1. The minimum absolute atomic E-state index is 0.0555. The van der Waals surface area contributed by atoms with Gasteiger partial charge in [0.25, 0.3) is 5.91 Å². The van der Waals surface area contributed by atoms with E-state index in [0.29, 0.717) is 18.9 Å². The zero-order valence-electron chi connectivity index (χ0n) is 29.6. The van der Waals surface area contributed by atoms with Crippen LogP contribution in [0.4, 0.5) is 4.79 Å². The molecule has 0 aromatic carbocycles. The largest absolute Gasteiger partial charge is 0.363 e. The van der Waals surface area contributed by atoms with Gasteiger partial charge in [0.05, 0.1) is 12.3 Å². The Bertz CT molecular complexity index is 1320. The number of nitrogens with two attached hydrogens (primary N) is 1. The first-order valence-corrected chi connectivity index (χ1v) is 19.7. The van der Waals surface area contributed by atoms with Crippen molar-refractivity contribution >= 4 is 39.6 Å². The Hall–Kier alpha value is -2.74. The van der Waals surface area contributed by atoms with Gasteiger partial charge in [0.1, 0.15) is 12.1 Å². The average molecular weight is 695 g/mol. The molecule has 1 saturated heterocycles. The molecule has 2 unspecified atom stereocenters. The van der Waals surface area contributed by atoms with Crippen molar-refractivity contribution in [2.24, 2.45) is 40.7 Å². The van der Waals surface area contributed by atoms with Gasteiger partial charge < -0.3 is 26.6 Å². The minimum atomic E-state index is -3.49. The summed E-state index contributed by atoms with van der Waals surface area (Å²) in [5, 5.41) is 8.77. The molecule has 7 atom stereocenters. The summed E-state index contributed by atoms with van der Waals surface area (Å²) in [5.74, 6) is -2.20. The molecule has 5 N–H and O–H groups in total. The number of hydrogen-bond acceptors (Lipinski definition) is 7. The molecule has 3 aliphatic carbocycles. The van der Waals surface area contributed by atoms with Crippen molar-refractivity contribution in [2.75, 3.05) is 26.4 Å². The number of likely N-dealkylation sites (N-methyl/N-ethyl adjacent to an activating group) is 1. The van der Waals surface area contributed by atoms with E-state index in [1.165, 1.54) is 11.4 Å². The van der Waals surface area contributed by atoms with Crippen molar-refractivity contribution < 1.29 is 32.4 Å². The number of primary amides is 1. The van der Waals surface area contributed by atoms with Crippen LogP contribution in [0.25, 0.3) is 0 Å². The van der Waals surface area contributed by atoms with Crippen LogP contribution in [0.1, 0.15) is 98.3 Å². The van der Waals surface area contributed by atoms with E-state index in [9.17, 15) is 32.4 Å². The van der Waals surface area contributed by atoms with Crippen molar-refractivity contribution in [2.45, 2.75) is 122 Å². The summed E-state index contributed by atoms with van der Waals surface area (Å²) in [5.41, 5.74) is 4.86. The molecule has 272 valence electrons. The molecule has 4 rings (SSSR count). The SMILES string of the molecule is CCC1CC[C@H]2[C@@H]1CN(C(=O)[C@@H](NC(=O)N[C@H](CN(C)S(C)(=O)=O)C(C)(C)C)C1CCCCC1)[C@@H]2C(=O)NC(CC1CC1)C(=O)C(N)=O. The van der Waals surface area contributed by atoms with Crippen LogP contribution in [0.15, 0.2) is 0 Å². The molecule has 4 fully saturated rings. The number of rotatable bonds is 14. The Labute approximate surface area is 286 Å². The third kappa shape index (κ3) is 9.28. The fourth-order valence-corrected chi connectivity index (χ4v) is 8.57. The summed E-state index contributed by atoms with van der Waals surface area (Å²) in [7, 11) is -2.03. The van der Waals surface area contributed by atoms with Crippen LogP contribution in [0.5, 0.6) is 0 Å². The van der Waals surface area contributed by atoms with E-state index in [2.05, 4.69) is 22.9 Å². The molecule has 0 aromatic rings. The minimum Gasteiger partial charge on any atom is -0.363 e. The van der Waals surface area contributed by atoms with Crippen LogP contribution in [0.3, 0.4) is 0 Å². The summed E-state index contributed by atoms with van der Waals surface area (Å²) in [4.78, 5) is 68.8. The number of hydrogen-bond donors (Lipinski definition) is 4. The number of Topliss-reactive ketones (excluding diaryl/α,β-unsaturated/α-hetero) is 1. The van der Waals surface area contributed by atoms with E-state index in [4.69, 9.17) is 5.73 Å². The molecule has 13 nitrogen and oxygen atoms in total. The highest BCUT2D eigenvalue weighted by molar-refractivity contribution is 7.88. The quantitative estimate of drug-likeness (QED) is 0.201. The molecule has 5 amide bonds. The van der Waals surface area contributed by atoms with Crippen molar-refractivity contribution in [3.8, 4) is 0 Å². The maximum atomic E-state index is 14.7. The second-order valence-corrected chi connectivity index (χ2v) is 18.0. The van der Waals surface area contributed by atoms with Crippen LogP contribution in [-0.2, 0) is 29.2 Å². The second-order valence-electron chi connectivity index (χ2n) is 15.9. The Morgan fingerprint density at radius 2 is 1.56 bits per heavy atom. The van der Waals surface area contributed by atoms with Gasteiger partial charge >= 0.3 is 6.03 Å². The van der Waals surface area contributed by atoms with E-state index >= 15 is 0 Å². The van der Waals surface area contributed by atoms with Crippen LogP contribution in [0.2, 0.25) is 0 Å². The zero-order valence-corrected chi connectivity index (χ0v) is 30.4. The number of carbonyl (C=O) groups is 5. The highest BCUT2D eigenvalue weighted by Gasteiger charge is 2.54. The van der Waals surface area contributed by atoms with Crippen LogP contribution < -0.4 is 21.7 Å². The molecule has 48 heavy (non-hydrogen) atoms. The number of ketones is 1. The first-order chi connectivity index (χ1) is 22.4. The van der Waals surface area contributed by atoms with Gasteiger partial charge in [-0.15, -0.1) is 0 Å². The lowest BCUT2D eigenvalue weighted by atomic mass is 9.83. The Balaban J connectivity index is 1.60. The molecular formula is C34H58N6O7S. The molecule has 0 bridgehead atoms. The number of amides is 5. The van der Waals surface area contributed by atoms with Gasteiger partial charge in [-0.1, -0.05) is 66.2 Å². The molecule has 0 spiro atoms. The molecule has 0 aromatic heterocycles. The van der Waals surface area contributed by atoms with Gasteiger partial charge in [-0.2, -0.15) is 0 Å². The lowest BCUT2D eigenvalue weighted by molar-refractivity contribution is -0.143. The normalized spacial score (nSPS) is 26.8. The highest BCUT2D eigenvalue weighted by Crippen LogP contribution is 2.48. The lowest BCUT2D eigenvalue weighted by Gasteiger charge is -2.37. The number of fused-ring (bicyclic) bond motifs is 1. The van der Waals surface area contributed by atoms with Crippen molar-refractivity contribution in [1.82, 2.24) is 25.2 Å². The number of urea groups is 1. The maximum Gasteiger partial charge on any atom is 0.315 e. The molecular weight excluding hydrogens is 636 g/mol. The van der Waals surface area contributed by atoms with Gasteiger partial charge in [0, 0.05) is 26.2 Å². The molecule has 4 aliphatic rings. The number of nitrogens with zero attached hydrogens (tertiary/aromatic N) is 2. The van der Waals surface area contributed by atoms with Crippen LogP contribution in [-0.4, -0.2) is 97.7 Å². The number of nitrogens with one attached hydrogen (secondary N) is 3. The lowest BCUT2D eigenvalue weighted by Crippen LogP contribution is -2.61. The third-order valence-electron chi connectivity index (χ3n) is 11.4. The van der Waals surface area contributed by atoms with Gasteiger partial charge in [-0.3, -0.25) is 19.2 Å². The highest BCUT2D eigenvalue weighted by atomic mass is 32.2. The Morgan fingerprint density at radius 1 is 0.917 bits per heavy atom.